The molecule has 0 fully saturated rings. The number of anilines is 1. The number of benzene rings is 2. The highest BCUT2D eigenvalue weighted by Gasteiger charge is 2.15. The van der Waals surface area contributed by atoms with Crippen LogP contribution in [0.25, 0.3) is 0 Å². The van der Waals surface area contributed by atoms with Crippen LogP contribution in [-0.4, -0.2) is 22.7 Å². The SMILES string of the molecule is CCOc1c(Cl)cc(C(=O)Nc2ccc(C(O)O)c(C)c2)cc1Cl. The van der Waals surface area contributed by atoms with Gasteiger partial charge in [-0.2, -0.15) is 0 Å². The molecule has 0 bridgehead atoms. The Morgan fingerprint density at radius 3 is 2.33 bits per heavy atom. The fourth-order valence-corrected chi connectivity index (χ4v) is 2.82. The van der Waals surface area contributed by atoms with Crippen LogP contribution in [0.1, 0.15) is 34.7 Å². The molecular formula is C17H17Cl2NO4. The van der Waals surface area contributed by atoms with Gasteiger partial charge in [0.15, 0.2) is 12.0 Å². The van der Waals surface area contributed by atoms with Crippen LogP contribution in [0.4, 0.5) is 5.69 Å². The maximum atomic E-state index is 12.3. The van der Waals surface area contributed by atoms with Gasteiger partial charge in [-0.15, -0.1) is 0 Å². The van der Waals surface area contributed by atoms with Crippen molar-refractivity contribution in [3.63, 3.8) is 0 Å². The molecule has 1 amide bonds. The third-order valence-corrected chi connectivity index (χ3v) is 3.92. The minimum atomic E-state index is -1.56. The van der Waals surface area contributed by atoms with Crippen LogP contribution in [-0.2, 0) is 0 Å². The van der Waals surface area contributed by atoms with Gasteiger partial charge in [0.05, 0.1) is 16.7 Å². The first kappa shape index (κ1) is 18.5. The van der Waals surface area contributed by atoms with Crippen molar-refractivity contribution in [3.8, 4) is 5.75 Å². The molecule has 0 saturated carbocycles. The van der Waals surface area contributed by atoms with Crippen LogP contribution >= 0.6 is 23.2 Å². The zero-order valence-electron chi connectivity index (χ0n) is 13.1. The van der Waals surface area contributed by atoms with E-state index < -0.39 is 12.2 Å². The van der Waals surface area contributed by atoms with Crippen LogP contribution in [0.3, 0.4) is 0 Å². The standard InChI is InChI=1S/C17H17Cl2NO4/c1-3-24-15-13(18)7-10(8-14(15)19)16(21)20-11-4-5-12(17(22)23)9(2)6-11/h4-8,17,22-23H,3H2,1-2H3,(H,20,21). The van der Waals surface area contributed by atoms with E-state index in [1.807, 2.05) is 6.92 Å². The molecule has 0 aliphatic heterocycles. The average Bonchev–Trinajstić information content (AvgIpc) is 2.50. The van der Waals surface area contributed by atoms with Crippen LogP contribution in [0, 0.1) is 6.92 Å². The lowest BCUT2D eigenvalue weighted by atomic mass is 10.1. The summed E-state index contributed by atoms with van der Waals surface area (Å²) < 4.78 is 5.33. The number of rotatable bonds is 5. The van der Waals surface area contributed by atoms with Gasteiger partial charge in [0.25, 0.3) is 5.91 Å². The summed E-state index contributed by atoms with van der Waals surface area (Å²) in [6, 6.07) is 7.72. The number of aliphatic hydroxyl groups excluding tert-OH is 1. The minimum Gasteiger partial charge on any atom is -0.491 e. The van der Waals surface area contributed by atoms with Crippen molar-refractivity contribution in [1.29, 1.82) is 0 Å². The van der Waals surface area contributed by atoms with Crippen molar-refractivity contribution in [2.24, 2.45) is 0 Å². The van der Waals surface area contributed by atoms with Crippen LogP contribution in [0.15, 0.2) is 30.3 Å². The van der Waals surface area contributed by atoms with Crippen LogP contribution in [0.2, 0.25) is 10.0 Å². The van der Waals surface area contributed by atoms with E-state index in [4.69, 9.17) is 27.9 Å². The number of carbonyl (C=O) groups excluding carboxylic acids is 1. The second-order valence-corrected chi connectivity index (χ2v) is 5.92. The Hall–Kier alpha value is -1.79. The molecule has 0 aliphatic rings. The molecule has 0 unspecified atom stereocenters. The van der Waals surface area contributed by atoms with Gasteiger partial charge in [-0.25, -0.2) is 0 Å². The summed E-state index contributed by atoms with van der Waals surface area (Å²) >= 11 is 12.2. The van der Waals surface area contributed by atoms with Gasteiger partial charge in [0, 0.05) is 16.8 Å². The lowest BCUT2D eigenvalue weighted by Gasteiger charge is -2.12. The largest absolute Gasteiger partial charge is 0.491 e. The van der Waals surface area contributed by atoms with E-state index in [9.17, 15) is 15.0 Å². The highest BCUT2D eigenvalue weighted by atomic mass is 35.5. The van der Waals surface area contributed by atoms with Gasteiger partial charge in [-0.05, 0) is 43.7 Å². The van der Waals surface area contributed by atoms with Crippen molar-refractivity contribution < 1.29 is 19.7 Å². The van der Waals surface area contributed by atoms with Crippen LogP contribution < -0.4 is 10.1 Å². The van der Waals surface area contributed by atoms with Gasteiger partial charge >= 0.3 is 0 Å². The smallest absolute Gasteiger partial charge is 0.255 e. The second kappa shape index (κ2) is 7.85. The van der Waals surface area contributed by atoms with Gasteiger partial charge in [-0.1, -0.05) is 29.3 Å². The number of aliphatic hydroxyl groups is 2. The fourth-order valence-electron chi connectivity index (χ4n) is 2.22. The van der Waals surface area contributed by atoms with E-state index >= 15 is 0 Å². The summed E-state index contributed by atoms with van der Waals surface area (Å²) in [5.74, 6) is -0.0481. The molecule has 0 radical (unpaired) electrons. The first-order valence-corrected chi connectivity index (χ1v) is 7.99. The molecule has 128 valence electrons. The Kier molecular flexibility index (Phi) is 6.07. The maximum Gasteiger partial charge on any atom is 0.255 e. The summed E-state index contributed by atoms with van der Waals surface area (Å²) in [6.07, 6.45) is -1.56. The number of amides is 1. The molecule has 0 spiro atoms. The zero-order valence-corrected chi connectivity index (χ0v) is 14.6. The number of ether oxygens (including phenoxy) is 1. The van der Waals surface area contributed by atoms with E-state index in [1.54, 1.807) is 19.1 Å². The van der Waals surface area contributed by atoms with Gasteiger partial charge in [0.1, 0.15) is 0 Å². The van der Waals surface area contributed by atoms with E-state index in [0.29, 0.717) is 29.2 Å². The Bertz CT molecular complexity index is 739. The van der Waals surface area contributed by atoms with Crippen molar-refractivity contribution in [2.75, 3.05) is 11.9 Å². The highest BCUT2D eigenvalue weighted by molar-refractivity contribution is 6.37. The predicted octanol–water partition coefficient (Wildman–Crippen LogP) is 3.94. The Balaban J connectivity index is 2.23. The summed E-state index contributed by atoms with van der Waals surface area (Å²) in [6.45, 7) is 3.94. The monoisotopic (exact) mass is 369 g/mol. The molecule has 2 aromatic carbocycles. The number of nitrogens with one attached hydrogen (secondary N) is 1. The number of aryl methyl sites for hydroxylation is 1. The number of hydrogen-bond donors (Lipinski definition) is 3. The third-order valence-electron chi connectivity index (χ3n) is 3.35. The lowest BCUT2D eigenvalue weighted by Crippen LogP contribution is -2.12. The number of carbonyl (C=O) groups is 1. The normalized spacial score (nSPS) is 10.8. The Morgan fingerprint density at radius 2 is 1.83 bits per heavy atom. The van der Waals surface area contributed by atoms with E-state index in [2.05, 4.69) is 5.32 Å². The highest BCUT2D eigenvalue weighted by Crippen LogP contribution is 2.34. The fraction of sp³-hybridized carbons (Fsp3) is 0.235. The first-order chi connectivity index (χ1) is 11.3. The van der Waals surface area contributed by atoms with Gasteiger partial charge in [-0.3, -0.25) is 4.79 Å². The molecule has 0 aromatic heterocycles. The maximum absolute atomic E-state index is 12.3. The molecule has 0 saturated heterocycles. The molecule has 0 heterocycles. The third kappa shape index (κ3) is 4.19. The van der Waals surface area contributed by atoms with Crippen LogP contribution in [0.5, 0.6) is 5.75 Å². The molecule has 0 aliphatic carbocycles. The second-order valence-electron chi connectivity index (χ2n) is 5.10. The van der Waals surface area contributed by atoms with Crippen molar-refractivity contribution >= 4 is 34.8 Å². The molecule has 2 rings (SSSR count). The molecule has 2 aromatic rings. The summed E-state index contributed by atoms with van der Waals surface area (Å²) in [4.78, 5) is 12.3. The number of halogens is 2. The Labute approximate surface area is 149 Å². The lowest BCUT2D eigenvalue weighted by molar-refractivity contribution is -0.0429. The van der Waals surface area contributed by atoms with Gasteiger partial charge < -0.3 is 20.3 Å². The zero-order chi connectivity index (χ0) is 17.9. The summed E-state index contributed by atoms with van der Waals surface area (Å²) in [7, 11) is 0. The van der Waals surface area contributed by atoms with Crippen molar-refractivity contribution in [3.05, 3.63) is 57.1 Å². The minimum absolute atomic E-state index is 0.254. The molecular weight excluding hydrogens is 353 g/mol. The quantitative estimate of drug-likeness (QED) is 0.697. The number of hydrogen-bond acceptors (Lipinski definition) is 4. The van der Waals surface area contributed by atoms with Crippen molar-refractivity contribution in [2.45, 2.75) is 20.1 Å². The van der Waals surface area contributed by atoms with E-state index in [1.165, 1.54) is 18.2 Å². The summed E-state index contributed by atoms with van der Waals surface area (Å²) in [5, 5.41) is 21.6. The Morgan fingerprint density at radius 1 is 1.21 bits per heavy atom. The average molecular weight is 370 g/mol. The van der Waals surface area contributed by atoms with E-state index in [0.717, 1.165) is 0 Å². The topological polar surface area (TPSA) is 78.8 Å². The molecule has 7 heteroatoms. The first-order valence-electron chi connectivity index (χ1n) is 7.23. The molecule has 5 nitrogen and oxygen atoms in total. The predicted molar refractivity (Wildman–Crippen MR) is 93.9 cm³/mol. The van der Waals surface area contributed by atoms with E-state index in [-0.39, 0.29) is 15.6 Å². The molecule has 24 heavy (non-hydrogen) atoms. The molecule has 0 atom stereocenters. The van der Waals surface area contributed by atoms with Crippen molar-refractivity contribution in [1.82, 2.24) is 0 Å². The summed E-state index contributed by atoms with van der Waals surface area (Å²) in [5.41, 5.74) is 1.83. The molecule has 3 N–H and O–H groups in total. The van der Waals surface area contributed by atoms with Gasteiger partial charge in [0.2, 0.25) is 0 Å².